The summed E-state index contributed by atoms with van der Waals surface area (Å²) >= 11 is 1.61. The van der Waals surface area contributed by atoms with Gasteiger partial charge in [0.05, 0.1) is 22.6 Å². The number of thiazole rings is 1. The highest BCUT2D eigenvalue weighted by Gasteiger charge is 2.12. The summed E-state index contributed by atoms with van der Waals surface area (Å²) in [6.07, 6.45) is 0.771. The minimum Gasteiger partial charge on any atom is -0.380 e. The van der Waals surface area contributed by atoms with Gasteiger partial charge in [-0.2, -0.15) is 0 Å². The van der Waals surface area contributed by atoms with Crippen LogP contribution in [0, 0.1) is 6.92 Å². The molecule has 0 saturated carbocycles. The molecule has 0 radical (unpaired) electrons. The van der Waals surface area contributed by atoms with E-state index >= 15 is 0 Å². The van der Waals surface area contributed by atoms with Crippen LogP contribution in [0.1, 0.15) is 23.9 Å². The fraction of sp³-hybridized carbons (Fsp3) is 0.357. The van der Waals surface area contributed by atoms with Gasteiger partial charge >= 0.3 is 0 Å². The van der Waals surface area contributed by atoms with E-state index in [0.29, 0.717) is 13.1 Å². The molecule has 5 nitrogen and oxygen atoms in total. The molecular weight excluding hydrogens is 306 g/mol. The number of rotatable bonds is 7. The lowest BCUT2D eigenvalue weighted by molar-refractivity contribution is 0.581. The van der Waals surface area contributed by atoms with Crippen LogP contribution < -0.4 is 10.0 Å². The number of aromatic nitrogens is 1. The van der Waals surface area contributed by atoms with Gasteiger partial charge in [-0.15, -0.1) is 11.3 Å². The van der Waals surface area contributed by atoms with Crippen molar-refractivity contribution >= 4 is 27.0 Å². The Labute approximate surface area is 129 Å². The molecule has 2 N–H and O–H groups in total. The summed E-state index contributed by atoms with van der Waals surface area (Å²) in [4.78, 5) is 5.66. The number of hydrogen-bond acceptors (Lipinski definition) is 5. The van der Waals surface area contributed by atoms with Crippen molar-refractivity contribution in [2.45, 2.75) is 31.7 Å². The van der Waals surface area contributed by atoms with Crippen molar-refractivity contribution in [1.29, 1.82) is 0 Å². The van der Waals surface area contributed by atoms with Crippen LogP contribution in [0.2, 0.25) is 0 Å². The zero-order valence-corrected chi connectivity index (χ0v) is 13.7. The summed E-state index contributed by atoms with van der Waals surface area (Å²) in [5, 5.41) is 3.26. The molecule has 1 heterocycles. The molecule has 2 rings (SSSR count). The molecule has 0 saturated heterocycles. The number of anilines is 1. The van der Waals surface area contributed by atoms with Gasteiger partial charge in [-0.25, -0.2) is 18.1 Å². The molecule has 114 valence electrons. The van der Waals surface area contributed by atoms with Crippen molar-refractivity contribution in [2.24, 2.45) is 0 Å². The summed E-state index contributed by atoms with van der Waals surface area (Å²) < 4.78 is 26.5. The summed E-state index contributed by atoms with van der Waals surface area (Å²) in [5.41, 5.74) is 3.73. The third-order valence-electron chi connectivity index (χ3n) is 3.00. The van der Waals surface area contributed by atoms with Crippen LogP contribution in [0.3, 0.4) is 0 Å². The van der Waals surface area contributed by atoms with Crippen LogP contribution in [-0.2, 0) is 16.6 Å². The second-order valence-corrected chi connectivity index (χ2v) is 7.34. The zero-order valence-electron chi connectivity index (χ0n) is 12.1. The topological polar surface area (TPSA) is 71.1 Å². The van der Waals surface area contributed by atoms with Crippen LogP contribution in [0.25, 0.3) is 0 Å². The number of aryl methyl sites for hydroxylation is 1. The van der Waals surface area contributed by atoms with E-state index in [2.05, 4.69) is 15.0 Å². The van der Waals surface area contributed by atoms with E-state index in [0.717, 1.165) is 17.8 Å². The smallest absolute Gasteiger partial charge is 0.240 e. The Kier molecular flexibility index (Phi) is 5.33. The van der Waals surface area contributed by atoms with Gasteiger partial charge in [0.1, 0.15) is 0 Å². The minimum atomic E-state index is -3.39. The molecule has 0 aliphatic carbocycles. The van der Waals surface area contributed by atoms with Crippen LogP contribution in [0.5, 0.6) is 0 Å². The van der Waals surface area contributed by atoms with Crippen molar-refractivity contribution in [3.8, 4) is 0 Å². The van der Waals surface area contributed by atoms with Gasteiger partial charge in [0.2, 0.25) is 10.0 Å². The Morgan fingerprint density at radius 2 is 1.95 bits per heavy atom. The predicted octanol–water partition coefficient (Wildman–Crippen LogP) is 2.75. The minimum absolute atomic E-state index is 0.287. The van der Waals surface area contributed by atoms with Crippen LogP contribution in [0.4, 0.5) is 5.69 Å². The molecule has 0 aliphatic heterocycles. The highest BCUT2D eigenvalue weighted by Crippen LogP contribution is 2.17. The monoisotopic (exact) mass is 325 g/mol. The average molecular weight is 325 g/mol. The maximum atomic E-state index is 12.0. The SMILES string of the molecule is CCCNS(=O)(=O)c1ccc(NCc2scnc2C)cc1. The van der Waals surface area contributed by atoms with Crippen LogP contribution in [0.15, 0.2) is 34.7 Å². The van der Waals surface area contributed by atoms with Crippen LogP contribution >= 0.6 is 11.3 Å². The number of hydrogen-bond donors (Lipinski definition) is 2. The van der Waals surface area contributed by atoms with Gasteiger partial charge in [-0.1, -0.05) is 6.92 Å². The summed E-state index contributed by atoms with van der Waals surface area (Å²) in [5.74, 6) is 0. The maximum Gasteiger partial charge on any atom is 0.240 e. The molecule has 0 unspecified atom stereocenters. The number of sulfonamides is 1. The van der Waals surface area contributed by atoms with E-state index in [4.69, 9.17) is 0 Å². The number of nitrogens with zero attached hydrogens (tertiary/aromatic N) is 1. The fourth-order valence-electron chi connectivity index (χ4n) is 1.75. The van der Waals surface area contributed by atoms with Gasteiger partial charge in [0.15, 0.2) is 0 Å². The largest absolute Gasteiger partial charge is 0.380 e. The van der Waals surface area contributed by atoms with Gasteiger partial charge in [-0.05, 0) is 37.6 Å². The third-order valence-corrected chi connectivity index (χ3v) is 5.42. The lowest BCUT2D eigenvalue weighted by Gasteiger charge is -2.08. The Morgan fingerprint density at radius 1 is 1.24 bits per heavy atom. The third kappa shape index (κ3) is 4.26. The van der Waals surface area contributed by atoms with Crippen molar-refractivity contribution in [1.82, 2.24) is 9.71 Å². The molecule has 2 aromatic rings. The van der Waals surface area contributed by atoms with E-state index in [1.54, 1.807) is 35.6 Å². The first kappa shape index (κ1) is 15.9. The molecule has 0 bridgehead atoms. The quantitative estimate of drug-likeness (QED) is 0.821. The Hall–Kier alpha value is -1.44. The lowest BCUT2D eigenvalue weighted by Crippen LogP contribution is -2.24. The molecule has 1 aromatic heterocycles. The van der Waals surface area contributed by atoms with E-state index in [9.17, 15) is 8.42 Å². The molecule has 0 aliphatic rings. The van der Waals surface area contributed by atoms with Crippen molar-refractivity contribution < 1.29 is 8.42 Å². The van der Waals surface area contributed by atoms with E-state index in [1.165, 1.54) is 4.88 Å². The first-order chi connectivity index (χ1) is 10.0. The van der Waals surface area contributed by atoms with Crippen molar-refractivity contribution in [3.05, 3.63) is 40.3 Å². The standard InChI is InChI=1S/C14H19N3O2S2/c1-3-8-17-21(18,19)13-6-4-12(5-7-13)15-9-14-11(2)16-10-20-14/h4-7,10,15,17H,3,8-9H2,1-2H3. The molecule has 1 aromatic carbocycles. The highest BCUT2D eigenvalue weighted by molar-refractivity contribution is 7.89. The summed E-state index contributed by atoms with van der Waals surface area (Å²) in [6, 6.07) is 6.77. The summed E-state index contributed by atoms with van der Waals surface area (Å²) in [6.45, 7) is 5.04. The second kappa shape index (κ2) is 7.02. The maximum absolute atomic E-state index is 12.0. The molecule has 0 fully saturated rings. The van der Waals surface area contributed by atoms with Gasteiger partial charge in [0.25, 0.3) is 0 Å². The first-order valence-corrected chi connectivity index (χ1v) is 9.12. The van der Waals surface area contributed by atoms with Crippen molar-refractivity contribution in [2.75, 3.05) is 11.9 Å². The molecule has 0 spiro atoms. The normalized spacial score (nSPS) is 11.5. The predicted molar refractivity (Wildman–Crippen MR) is 86.1 cm³/mol. The Bertz CT molecular complexity index is 678. The zero-order chi connectivity index (χ0) is 15.3. The average Bonchev–Trinajstić information content (AvgIpc) is 2.89. The highest BCUT2D eigenvalue weighted by atomic mass is 32.2. The Morgan fingerprint density at radius 3 is 2.52 bits per heavy atom. The second-order valence-electron chi connectivity index (χ2n) is 4.64. The van der Waals surface area contributed by atoms with E-state index < -0.39 is 10.0 Å². The van der Waals surface area contributed by atoms with E-state index in [1.807, 2.05) is 19.4 Å². The fourth-order valence-corrected chi connectivity index (χ4v) is 3.60. The Balaban J connectivity index is 2.00. The van der Waals surface area contributed by atoms with Gasteiger partial charge in [0, 0.05) is 17.1 Å². The first-order valence-electron chi connectivity index (χ1n) is 6.75. The number of benzene rings is 1. The summed E-state index contributed by atoms with van der Waals surface area (Å²) in [7, 11) is -3.39. The molecule has 21 heavy (non-hydrogen) atoms. The molecule has 0 amide bonds. The van der Waals surface area contributed by atoms with Crippen LogP contribution in [-0.4, -0.2) is 19.9 Å². The van der Waals surface area contributed by atoms with Gasteiger partial charge in [-0.3, -0.25) is 0 Å². The van der Waals surface area contributed by atoms with Gasteiger partial charge < -0.3 is 5.32 Å². The number of nitrogens with one attached hydrogen (secondary N) is 2. The van der Waals surface area contributed by atoms with E-state index in [-0.39, 0.29) is 4.90 Å². The molecule has 0 atom stereocenters. The molecule has 7 heteroatoms. The lowest BCUT2D eigenvalue weighted by atomic mass is 10.3. The molecular formula is C14H19N3O2S2. The van der Waals surface area contributed by atoms with Crippen molar-refractivity contribution in [3.63, 3.8) is 0 Å².